The topological polar surface area (TPSA) is 82.1 Å². The van der Waals surface area contributed by atoms with E-state index >= 15 is 0 Å². The summed E-state index contributed by atoms with van der Waals surface area (Å²) in [6.07, 6.45) is 1.03. The highest BCUT2D eigenvalue weighted by Crippen LogP contribution is 2.20. The summed E-state index contributed by atoms with van der Waals surface area (Å²) >= 11 is 0. The van der Waals surface area contributed by atoms with Crippen LogP contribution in [0, 0.1) is 0 Å². The fourth-order valence-corrected chi connectivity index (χ4v) is 1.17. The molecule has 0 aliphatic rings. The number of methoxy groups -OCH3 is 2. The summed E-state index contributed by atoms with van der Waals surface area (Å²) < 4.78 is 14.3. The van der Waals surface area contributed by atoms with Crippen LogP contribution in [-0.4, -0.2) is 31.3 Å². The van der Waals surface area contributed by atoms with Gasteiger partial charge in [0.05, 0.1) is 14.2 Å². The van der Waals surface area contributed by atoms with Crippen LogP contribution < -0.4 is 4.74 Å². The Bertz CT molecular complexity index is 477. The van der Waals surface area contributed by atoms with Crippen LogP contribution in [0.4, 0.5) is 0 Å². The summed E-state index contributed by atoms with van der Waals surface area (Å²) in [5.74, 6) is -2.14. The van der Waals surface area contributed by atoms with Gasteiger partial charge in [0, 0.05) is 0 Å². The number of para-hydroxylation sites is 1. The maximum absolute atomic E-state index is 11.3. The van der Waals surface area contributed by atoms with Gasteiger partial charge in [-0.2, -0.15) is 0 Å². The second-order valence-electron chi connectivity index (χ2n) is 3.11. The highest BCUT2D eigenvalue weighted by atomic mass is 16.6. The summed E-state index contributed by atoms with van der Waals surface area (Å²) in [5, 5.41) is 8.96. The third-order valence-electron chi connectivity index (χ3n) is 1.95. The van der Waals surface area contributed by atoms with Crippen molar-refractivity contribution in [2.24, 2.45) is 0 Å². The number of carboxylic acids is 1. The molecule has 0 saturated carbocycles. The average molecular weight is 252 g/mol. The lowest BCUT2D eigenvalue weighted by molar-refractivity contribution is -0.138. The van der Waals surface area contributed by atoms with E-state index in [-0.39, 0.29) is 17.1 Å². The molecule has 0 aromatic heterocycles. The van der Waals surface area contributed by atoms with Gasteiger partial charge in [-0.1, -0.05) is 12.1 Å². The fourth-order valence-electron chi connectivity index (χ4n) is 1.17. The molecule has 0 amide bonds. The Morgan fingerprint density at radius 2 is 1.89 bits per heavy atom. The van der Waals surface area contributed by atoms with Crippen molar-refractivity contribution in [3.05, 3.63) is 41.9 Å². The summed E-state index contributed by atoms with van der Waals surface area (Å²) in [6.45, 7) is 0. The van der Waals surface area contributed by atoms with Crippen LogP contribution in [0.15, 0.2) is 36.3 Å². The van der Waals surface area contributed by atoms with Crippen LogP contribution >= 0.6 is 0 Å². The molecule has 1 aromatic rings. The zero-order valence-electron chi connectivity index (χ0n) is 9.88. The smallest absolute Gasteiger partial charge is 0.377 e. The molecule has 18 heavy (non-hydrogen) atoms. The first-order valence-corrected chi connectivity index (χ1v) is 4.91. The number of esters is 1. The van der Waals surface area contributed by atoms with E-state index in [0.717, 1.165) is 6.26 Å². The van der Waals surface area contributed by atoms with E-state index in [1.807, 2.05) is 0 Å². The lowest BCUT2D eigenvalue weighted by Gasteiger charge is -2.09. The minimum atomic E-state index is -1.16. The van der Waals surface area contributed by atoms with Gasteiger partial charge in [-0.15, -0.1) is 0 Å². The molecule has 0 aliphatic carbocycles. The molecule has 0 unspecified atom stereocenters. The summed E-state index contributed by atoms with van der Waals surface area (Å²) in [5.41, 5.74) is -0.0663. The normalized spacial score (nSPS) is 10.7. The van der Waals surface area contributed by atoms with E-state index < -0.39 is 11.9 Å². The lowest BCUT2D eigenvalue weighted by Crippen LogP contribution is -2.13. The van der Waals surface area contributed by atoms with Crippen LogP contribution in [-0.2, 0) is 14.3 Å². The maximum Gasteiger partial charge on any atom is 0.377 e. The lowest BCUT2D eigenvalue weighted by atomic mass is 10.2. The summed E-state index contributed by atoms with van der Waals surface area (Å²) in [4.78, 5) is 22.3. The van der Waals surface area contributed by atoms with Gasteiger partial charge in [0.1, 0.15) is 17.6 Å². The molecule has 1 N–H and O–H groups in total. The average Bonchev–Trinajstić information content (AvgIpc) is 2.37. The molecule has 0 fully saturated rings. The van der Waals surface area contributed by atoms with Gasteiger partial charge in [-0.05, 0) is 12.1 Å². The molecular weight excluding hydrogens is 240 g/mol. The number of carboxylic acid groups (broad SMARTS) is 1. The molecule has 0 heterocycles. The van der Waals surface area contributed by atoms with Gasteiger partial charge < -0.3 is 19.3 Å². The van der Waals surface area contributed by atoms with Crippen molar-refractivity contribution in [1.29, 1.82) is 0 Å². The van der Waals surface area contributed by atoms with Crippen molar-refractivity contribution in [3.63, 3.8) is 0 Å². The molecular formula is C12H12O6. The first-order chi connectivity index (χ1) is 8.60. The van der Waals surface area contributed by atoms with Crippen LogP contribution in [0.5, 0.6) is 5.75 Å². The largest absolute Gasteiger partial charge is 0.500 e. The van der Waals surface area contributed by atoms with Gasteiger partial charge in [-0.25, -0.2) is 9.59 Å². The van der Waals surface area contributed by atoms with Crippen LogP contribution in [0.2, 0.25) is 0 Å². The highest BCUT2D eigenvalue weighted by Gasteiger charge is 2.17. The van der Waals surface area contributed by atoms with Gasteiger partial charge in [0.2, 0.25) is 5.76 Å². The van der Waals surface area contributed by atoms with Crippen LogP contribution in [0.3, 0.4) is 0 Å². The van der Waals surface area contributed by atoms with E-state index in [1.165, 1.54) is 26.4 Å². The second kappa shape index (κ2) is 6.29. The van der Waals surface area contributed by atoms with E-state index in [0.29, 0.717) is 0 Å². The minimum absolute atomic E-state index is 0.0266. The van der Waals surface area contributed by atoms with Crippen molar-refractivity contribution >= 4 is 11.9 Å². The zero-order chi connectivity index (χ0) is 13.5. The summed E-state index contributed by atoms with van der Waals surface area (Å²) in [6, 6.07) is 5.92. The third kappa shape index (κ3) is 3.24. The quantitative estimate of drug-likeness (QED) is 0.485. The number of rotatable bonds is 5. The van der Waals surface area contributed by atoms with Crippen molar-refractivity contribution in [1.82, 2.24) is 0 Å². The number of carbonyl (C=O) groups is 2. The SMILES string of the molecule is COC=C(Oc1ccccc1C(=O)O)C(=O)OC. The summed E-state index contributed by atoms with van der Waals surface area (Å²) in [7, 11) is 2.51. The van der Waals surface area contributed by atoms with E-state index in [9.17, 15) is 9.59 Å². The van der Waals surface area contributed by atoms with Gasteiger partial charge in [0.15, 0.2) is 0 Å². The van der Waals surface area contributed by atoms with Crippen molar-refractivity contribution < 1.29 is 28.9 Å². The first-order valence-electron chi connectivity index (χ1n) is 4.91. The van der Waals surface area contributed by atoms with Crippen LogP contribution in [0.1, 0.15) is 10.4 Å². The predicted octanol–water partition coefficient (Wildman–Crippen LogP) is 1.42. The Morgan fingerprint density at radius 1 is 1.22 bits per heavy atom. The maximum atomic E-state index is 11.3. The molecule has 96 valence electrons. The number of hydrogen-bond acceptors (Lipinski definition) is 5. The molecule has 0 radical (unpaired) electrons. The van der Waals surface area contributed by atoms with Gasteiger partial charge >= 0.3 is 11.9 Å². The number of carbonyl (C=O) groups excluding carboxylic acids is 1. The molecule has 0 saturated heterocycles. The van der Waals surface area contributed by atoms with Crippen molar-refractivity contribution in [2.45, 2.75) is 0 Å². The predicted molar refractivity (Wildman–Crippen MR) is 61.1 cm³/mol. The number of benzene rings is 1. The standard InChI is InChI=1S/C12H12O6/c1-16-7-10(12(15)17-2)18-9-6-4-3-5-8(9)11(13)14/h3-7H,1-2H3,(H,13,14). The highest BCUT2D eigenvalue weighted by molar-refractivity contribution is 5.92. The van der Waals surface area contributed by atoms with Crippen molar-refractivity contribution in [3.8, 4) is 5.75 Å². The monoisotopic (exact) mass is 252 g/mol. The molecule has 0 bridgehead atoms. The molecule has 1 aromatic carbocycles. The first kappa shape index (κ1) is 13.6. The Kier molecular flexibility index (Phi) is 4.74. The Hall–Kier alpha value is -2.50. The number of ether oxygens (including phenoxy) is 3. The molecule has 0 spiro atoms. The van der Waals surface area contributed by atoms with Crippen LogP contribution in [0.25, 0.3) is 0 Å². The Balaban J connectivity index is 3.05. The van der Waals surface area contributed by atoms with E-state index in [4.69, 9.17) is 9.84 Å². The molecule has 0 atom stereocenters. The second-order valence-corrected chi connectivity index (χ2v) is 3.11. The van der Waals surface area contributed by atoms with E-state index in [1.54, 1.807) is 12.1 Å². The van der Waals surface area contributed by atoms with E-state index in [2.05, 4.69) is 9.47 Å². The molecule has 6 nitrogen and oxygen atoms in total. The fraction of sp³-hybridized carbons (Fsp3) is 0.167. The molecule has 1 rings (SSSR count). The number of aromatic carboxylic acids is 1. The third-order valence-corrected chi connectivity index (χ3v) is 1.95. The zero-order valence-corrected chi connectivity index (χ0v) is 9.88. The van der Waals surface area contributed by atoms with Gasteiger partial charge in [-0.3, -0.25) is 0 Å². The van der Waals surface area contributed by atoms with Crippen molar-refractivity contribution in [2.75, 3.05) is 14.2 Å². The Morgan fingerprint density at radius 3 is 2.44 bits per heavy atom. The molecule has 6 heteroatoms. The Labute approximate surface area is 103 Å². The molecule has 0 aliphatic heterocycles. The minimum Gasteiger partial charge on any atom is -0.500 e. The van der Waals surface area contributed by atoms with Gasteiger partial charge in [0.25, 0.3) is 0 Å². The number of hydrogen-bond donors (Lipinski definition) is 1.